The standard InChI is InChI=1S/C18H29N7O.HI/c1-4-24(5-2)14-9-11-25(13-14)18(19-3)20-10-8-16-21-17(23-22-16)15-7-6-12-26-15;/h6-7,12,14H,4-5,8-11,13H2,1-3H3,(H,19,20)(H,21,22,23);1H. The van der Waals surface area contributed by atoms with Crippen LogP contribution in [0.15, 0.2) is 27.8 Å². The zero-order valence-corrected chi connectivity index (χ0v) is 18.6. The first-order valence-electron chi connectivity index (χ1n) is 9.39. The lowest BCUT2D eigenvalue weighted by Gasteiger charge is -2.27. The third kappa shape index (κ3) is 5.44. The average Bonchev–Trinajstić information content (AvgIpc) is 3.40. The van der Waals surface area contributed by atoms with Crippen molar-refractivity contribution >= 4 is 29.9 Å². The van der Waals surface area contributed by atoms with Crippen molar-refractivity contribution < 1.29 is 4.42 Å². The van der Waals surface area contributed by atoms with Crippen LogP contribution in [0.1, 0.15) is 26.1 Å². The third-order valence-electron chi connectivity index (χ3n) is 4.92. The molecule has 1 fully saturated rings. The smallest absolute Gasteiger partial charge is 0.216 e. The van der Waals surface area contributed by atoms with Gasteiger partial charge in [-0.2, -0.15) is 5.10 Å². The molecule has 0 spiro atoms. The van der Waals surface area contributed by atoms with Gasteiger partial charge < -0.3 is 14.6 Å². The maximum atomic E-state index is 5.32. The van der Waals surface area contributed by atoms with Gasteiger partial charge in [0.25, 0.3) is 0 Å². The summed E-state index contributed by atoms with van der Waals surface area (Å²) in [7, 11) is 1.84. The van der Waals surface area contributed by atoms with Gasteiger partial charge in [-0.3, -0.25) is 15.0 Å². The number of likely N-dealkylation sites (tertiary alicyclic amines) is 1. The zero-order chi connectivity index (χ0) is 18.4. The second kappa shape index (κ2) is 10.6. The normalized spacial score (nSPS) is 17.4. The van der Waals surface area contributed by atoms with Crippen LogP contribution in [0.4, 0.5) is 0 Å². The highest BCUT2D eigenvalue weighted by atomic mass is 127. The van der Waals surface area contributed by atoms with Crippen molar-refractivity contribution in [3.8, 4) is 11.6 Å². The van der Waals surface area contributed by atoms with Gasteiger partial charge in [0.05, 0.1) is 6.26 Å². The van der Waals surface area contributed by atoms with Crippen LogP contribution >= 0.6 is 24.0 Å². The van der Waals surface area contributed by atoms with Gasteiger partial charge in [-0.15, -0.1) is 24.0 Å². The lowest BCUT2D eigenvalue weighted by molar-refractivity contribution is 0.223. The van der Waals surface area contributed by atoms with Crippen molar-refractivity contribution in [2.75, 3.05) is 39.8 Å². The van der Waals surface area contributed by atoms with Gasteiger partial charge >= 0.3 is 0 Å². The summed E-state index contributed by atoms with van der Waals surface area (Å²) in [4.78, 5) is 13.8. The molecule has 3 heterocycles. The predicted molar refractivity (Wildman–Crippen MR) is 117 cm³/mol. The van der Waals surface area contributed by atoms with Crippen molar-refractivity contribution in [1.82, 2.24) is 30.3 Å². The Morgan fingerprint density at radius 1 is 1.44 bits per heavy atom. The lowest BCUT2D eigenvalue weighted by Crippen LogP contribution is -2.43. The van der Waals surface area contributed by atoms with Gasteiger partial charge in [0.15, 0.2) is 11.7 Å². The number of aromatic nitrogens is 3. The summed E-state index contributed by atoms with van der Waals surface area (Å²) >= 11 is 0. The number of H-pyrrole nitrogens is 1. The van der Waals surface area contributed by atoms with E-state index in [1.54, 1.807) is 6.26 Å². The van der Waals surface area contributed by atoms with Crippen molar-refractivity contribution in [3.05, 3.63) is 24.2 Å². The SMILES string of the molecule is CCN(CC)C1CCN(C(=NC)NCCc2nc(-c3ccco3)n[nH]2)C1.I. The highest BCUT2D eigenvalue weighted by Crippen LogP contribution is 2.16. The first-order valence-corrected chi connectivity index (χ1v) is 9.39. The molecular weight excluding hydrogens is 457 g/mol. The molecule has 0 saturated carbocycles. The van der Waals surface area contributed by atoms with E-state index in [1.165, 1.54) is 6.42 Å². The number of hydrogen-bond acceptors (Lipinski definition) is 5. The molecule has 8 nitrogen and oxygen atoms in total. The zero-order valence-electron chi connectivity index (χ0n) is 16.3. The second-order valence-electron chi connectivity index (χ2n) is 6.42. The number of furan rings is 1. The minimum absolute atomic E-state index is 0. The van der Waals surface area contributed by atoms with Crippen LogP contribution in [-0.2, 0) is 6.42 Å². The van der Waals surface area contributed by atoms with E-state index in [4.69, 9.17) is 4.42 Å². The largest absolute Gasteiger partial charge is 0.461 e. The topological polar surface area (TPSA) is 85.6 Å². The summed E-state index contributed by atoms with van der Waals surface area (Å²) < 4.78 is 5.32. The van der Waals surface area contributed by atoms with Crippen LogP contribution in [-0.4, -0.2) is 76.8 Å². The number of likely N-dealkylation sites (N-methyl/N-ethyl adjacent to an activating group) is 1. The summed E-state index contributed by atoms with van der Waals surface area (Å²) in [5, 5.41) is 10.6. The number of guanidine groups is 1. The molecule has 150 valence electrons. The minimum Gasteiger partial charge on any atom is -0.461 e. The molecule has 2 aromatic rings. The van der Waals surface area contributed by atoms with E-state index in [1.807, 2.05) is 19.2 Å². The molecule has 2 N–H and O–H groups in total. The average molecular weight is 487 g/mol. The maximum Gasteiger partial charge on any atom is 0.216 e. The summed E-state index contributed by atoms with van der Waals surface area (Å²) in [6.07, 6.45) is 3.56. The fraction of sp³-hybridized carbons (Fsp3) is 0.611. The summed E-state index contributed by atoms with van der Waals surface area (Å²) in [5.74, 6) is 3.07. The van der Waals surface area contributed by atoms with Gasteiger partial charge in [0.1, 0.15) is 5.82 Å². The number of aromatic amines is 1. The fourth-order valence-electron chi connectivity index (χ4n) is 3.52. The first kappa shape index (κ1) is 21.7. The van der Waals surface area contributed by atoms with Crippen molar-refractivity contribution in [1.29, 1.82) is 0 Å². The molecule has 9 heteroatoms. The first-order chi connectivity index (χ1) is 12.7. The Morgan fingerprint density at radius 2 is 2.26 bits per heavy atom. The Hall–Kier alpha value is -1.62. The number of aliphatic imine (C=N–C) groups is 1. The Morgan fingerprint density at radius 3 is 2.93 bits per heavy atom. The molecule has 27 heavy (non-hydrogen) atoms. The molecule has 1 unspecified atom stereocenters. The lowest BCUT2D eigenvalue weighted by atomic mass is 10.2. The summed E-state index contributed by atoms with van der Waals surface area (Å²) in [6, 6.07) is 4.30. The van der Waals surface area contributed by atoms with E-state index < -0.39 is 0 Å². The summed E-state index contributed by atoms with van der Waals surface area (Å²) in [6.45, 7) is 9.50. The molecule has 1 atom stereocenters. The fourth-order valence-corrected chi connectivity index (χ4v) is 3.52. The highest BCUT2D eigenvalue weighted by Gasteiger charge is 2.27. The quantitative estimate of drug-likeness (QED) is 0.354. The number of nitrogens with zero attached hydrogens (tertiary/aromatic N) is 5. The van der Waals surface area contributed by atoms with Gasteiger partial charge in [0.2, 0.25) is 5.82 Å². The third-order valence-corrected chi connectivity index (χ3v) is 4.92. The van der Waals surface area contributed by atoms with Crippen LogP contribution < -0.4 is 5.32 Å². The van der Waals surface area contributed by atoms with E-state index in [2.05, 4.69) is 49.1 Å². The molecule has 0 bridgehead atoms. The number of rotatable bonds is 7. The number of halogens is 1. The minimum atomic E-state index is 0. The highest BCUT2D eigenvalue weighted by molar-refractivity contribution is 14.0. The van der Waals surface area contributed by atoms with Crippen LogP contribution in [0, 0.1) is 0 Å². The molecule has 3 rings (SSSR count). The Labute approximate surface area is 177 Å². The molecule has 0 radical (unpaired) electrons. The molecule has 1 aliphatic rings. The van der Waals surface area contributed by atoms with Crippen LogP contribution in [0.2, 0.25) is 0 Å². The van der Waals surface area contributed by atoms with Crippen molar-refractivity contribution in [2.24, 2.45) is 4.99 Å². The van der Waals surface area contributed by atoms with Gasteiger partial charge in [0, 0.05) is 39.1 Å². The van der Waals surface area contributed by atoms with E-state index in [0.717, 1.165) is 50.9 Å². The molecule has 2 aromatic heterocycles. The van der Waals surface area contributed by atoms with Crippen molar-refractivity contribution in [2.45, 2.75) is 32.7 Å². The van der Waals surface area contributed by atoms with Crippen LogP contribution in [0.3, 0.4) is 0 Å². The molecule has 0 amide bonds. The Balaban J connectivity index is 0.00000261. The monoisotopic (exact) mass is 487 g/mol. The molecule has 1 aliphatic heterocycles. The Kier molecular flexibility index (Phi) is 8.55. The summed E-state index contributed by atoms with van der Waals surface area (Å²) in [5.41, 5.74) is 0. The molecule has 0 aliphatic carbocycles. The van der Waals surface area contributed by atoms with E-state index in [-0.39, 0.29) is 24.0 Å². The van der Waals surface area contributed by atoms with Gasteiger partial charge in [-0.25, -0.2) is 4.98 Å². The molecule has 0 aromatic carbocycles. The predicted octanol–water partition coefficient (Wildman–Crippen LogP) is 2.22. The second-order valence-corrected chi connectivity index (χ2v) is 6.42. The van der Waals surface area contributed by atoms with Gasteiger partial charge in [-0.1, -0.05) is 13.8 Å². The van der Waals surface area contributed by atoms with E-state index >= 15 is 0 Å². The van der Waals surface area contributed by atoms with Crippen molar-refractivity contribution in [3.63, 3.8) is 0 Å². The number of hydrogen-bond donors (Lipinski definition) is 2. The van der Waals surface area contributed by atoms with Gasteiger partial charge in [-0.05, 0) is 31.6 Å². The van der Waals surface area contributed by atoms with E-state index in [0.29, 0.717) is 17.6 Å². The Bertz CT molecular complexity index is 696. The maximum absolute atomic E-state index is 5.32. The molecular formula is C18H30IN7O. The number of nitrogens with one attached hydrogen (secondary N) is 2. The molecule has 1 saturated heterocycles. The van der Waals surface area contributed by atoms with E-state index in [9.17, 15) is 0 Å². The van der Waals surface area contributed by atoms with Crippen LogP contribution in [0.25, 0.3) is 11.6 Å². The van der Waals surface area contributed by atoms with Crippen LogP contribution in [0.5, 0.6) is 0 Å².